The minimum atomic E-state index is -4.05. The van der Waals surface area contributed by atoms with Gasteiger partial charge in [-0.3, -0.25) is 4.79 Å². The molecule has 29 heavy (non-hydrogen) atoms. The standard InChI is InChI=1S/C22H30O6S/c1-15-10-17(12-16(2)23)22(20(24)11-15,13-18-14-27-21(3,4)28-18)29(25,26)19-8-6-5-7-9-19/h5-9,15,17-18H,10-14H2,1-4H3/t15?,17?,18-,22?/m1/s1. The molecule has 3 rings (SSSR count). The molecule has 6 nitrogen and oxygen atoms in total. The second-order valence-electron chi connectivity index (χ2n) is 8.93. The minimum absolute atomic E-state index is 0.00282. The first kappa shape index (κ1) is 22.1. The predicted molar refractivity (Wildman–Crippen MR) is 108 cm³/mol. The molecule has 4 atom stereocenters. The fourth-order valence-corrected chi connectivity index (χ4v) is 7.19. The van der Waals surface area contributed by atoms with Gasteiger partial charge in [-0.15, -0.1) is 0 Å². The monoisotopic (exact) mass is 422 g/mol. The molecule has 160 valence electrons. The molecule has 1 saturated carbocycles. The zero-order valence-corrected chi connectivity index (χ0v) is 18.3. The van der Waals surface area contributed by atoms with Crippen LogP contribution in [0.1, 0.15) is 53.4 Å². The van der Waals surface area contributed by atoms with Crippen molar-refractivity contribution in [2.45, 2.75) is 74.9 Å². The highest BCUT2D eigenvalue weighted by molar-refractivity contribution is 7.93. The number of carbonyl (C=O) groups excluding carboxylic acids is 2. The topological polar surface area (TPSA) is 86.7 Å². The molecule has 1 aromatic rings. The van der Waals surface area contributed by atoms with Gasteiger partial charge in [0.25, 0.3) is 0 Å². The van der Waals surface area contributed by atoms with E-state index < -0.39 is 32.4 Å². The number of hydrogen-bond acceptors (Lipinski definition) is 6. The third-order valence-electron chi connectivity index (χ3n) is 6.02. The number of hydrogen-bond donors (Lipinski definition) is 0. The lowest BCUT2D eigenvalue weighted by atomic mass is 9.69. The van der Waals surface area contributed by atoms with Gasteiger partial charge in [0.05, 0.1) is 17.6 Å². The highest BCUT2D eigenvalue weighted by Gasteiger charge is 2.60. The van der Waals surface area contributed by atoms with Gasteiger partial charge in [-0.05, 0) is 51.2 Å². The van der Waals surface area contributed by atoms with Crippen LogP contribution in [0, 0.1) is 11.8 Å². The van der Waals surface area contributed by atoms with Gasteiger partial charge in [0.2, 0.25) is 0 Å². The Hall–Kier alpha value is -1.57. The van der Waals surface area contributed by atoms with Crippen LogP contribution in [-0.2, 0) is 28.9 Å². The van der Waals surface area contributed by atoms with Gasteiger partial charge in [0.15, 0.2) is 21.4 Å². The van der Waals surface area contributed by atoms with E-state index in [1.807, 2.05) is 6.92 Å². The van der Waals surface area contributed by atoms with Crippen LogP contribution in [0.3, 0.4) is 0 Å². The van der Waals surface area contributed by atoms with Gasteiger partial charge < -0.3 is 14.3 Å². The second kappa shape index (κ2) is 7.93. The first-order chi connectivity index (χ1) is 13.5. The van der Waals surface area contributed by atoms with Crippen molar-refractivity contribution in [1.29, 1.82) is 0 Å². The molecule has 1 saturated heterocycles. The van der Waals surface area contributed by atoms with Crippen LogP contribution in [0.4, 0.5) is 0 Å². The Balaban J connectivity index is 2.14. The first-order valence-electron chi connectivity index (χ1n) is 10.1. The van der Waals surface area contributed by atoms with Crippen LogP contribution < -0.4 is 0 Å². The fourth-order valence-electron chi connectivity index (χ4n) is 4.84. The Morgan fingerprint density at radius 2 is 1.86 bits per heavy atom. The largest absolute Gasteiger partial charge is 0.348 e. The van der Waals surface area contributed by atoms with Crippen molar-refractivity contribution in [1.82, 2.24) is 0 Å². The number of rotatable bonds is 6. The summed E-state index contributed by atoms with van der Waals surface area (Å²) in [6.07, 6.45) is 0.206. The summed E-state index contributed by atoms with van der Waals surface area (Å²) in [5, 5.41) is 0. The molecule has 1 aliphatic carbocycles. The lowest BCUT2D eigenvalue weighted by Gasteiger charge is -2.44. The van der Waals surface area contributed by atoms with Gasteiger partial charge >= 0.3 is 0 Å². The molecule has 0 spiro atoms. The molecule has 2 fully saturated rings. The molecular formula is C22H30O6S. The molecule has 2 aliphatic rings. The van der Waals surface area contributed by atoms with Gasteiger partial charge in [0, 0.05) is 19.3 Å². The zero-order chi connectivity index (χ0) is 21.4. The predicted octanol–water partition coefficient (Wildman–Crippen LogP) is 3.34. The van der Waals surface area contributed by atoms with Crippen molar-refractivity contribution >= 4 is 21.4 Å². The average Bonchev–Trinajstić information content (AvgIpc) is 2.96. The molecule has 7 heteroatoms. The molecule has 0 amide bonds. The quantitative estimate of drug-likeness (QED) is 0.699. The summed E-state index contributed by atoms with van der Waals surface area (Å²) in [6, 6.07) is 8.07. The molecular weight excluding hydrogens is 392 g/mol. The van der Waals surface area contributed by atoms with Crippen molar-refractivity contribution < 1.29 is 27.5 Å². The van der Waals surface area contributed by atoms with E-state index in [-0.39, 0.29) is 48.2 Å². The summed E-state index contributed by atoms with van der Waals surface area (Å²) < 4.78 is 37.7. The zero-order valence-electron chi connectivity index (χ0n) is 17.5. The molecule has 1 aliphatic heterocycles. The molecule has 0 radical (unpaired) electrons. The third-order valence-corrected chi connectivity index (χ3v) is 8.60. The summed E-state index contributed by atoms with van der Waals surface area (Å²) in [6.45, 7) is 7.13. The van der Waals surface area contributed by atoms with Crippen molar-refractivity contribution in [2.75, 3.05) is 6.61 Å². The summed E-state index contributed by atoms with van der Waals surface area (Å²) in [5.41, 5.74) is 0. The van der Waals surface area contributed by atoms with Crippen molar-refractivity contribution in [3.8, 4) is 0 Å². The van der Waals surface area contributed by atoms with Gasteiger partial charge in [-0.1, -0.05) is 25.1 Å². The van der Waals surface area contributed by atoms with E-state index in [0.29, 0.717) is 6.42 Å². The van der Waals surface area contributed by atoms with Gasteiger partial charge in [0.1, 0.15) is 10.5 Å². The second-order valence-corrected chi connectivity index (χ2v) is 11.1. The molecule has 0 bridgehead atoms. The fraction of sp³-hybridized carbons (Fsp3) is 0.636. The maximum atomic E-state index is 13.9. The van der Waals surface area contributed by atoms with Crippen molar-refractivity contribution in [3.05, 3.63) is 30.3 Å². The Kier molecular flexibility index (Phi) is 6.05. The van der Waals surface area contributed by atoms with Crippen LogP contribution in [0.5, 0.6) is 0 Å². The van der Waals surface area contributed by atoms with E-state index in [4.69, 9.17) is 9.47 Å². The maximum absolute atomic E-state index is 13.9. The van der Waals surface area contributed by atoms with E-state index >= 15 is 0 Å². The van der Waals surface area contributed by atoms with E-state index in [1.54, 1.807) is 32.0 Å². The first-order valence-corrected chi connectivity index (χ1v) is 11.6. The molecule has 1 heterocycles. The summed E-state index contributed by atoms with van der Waals surface area (Å²) >= 11 is 0. The number of ketones is 2. The Morgan fingerprint density at radius 3 is 2.41 bits per heavy atom. The van der Waals surface area contributed by atoms with Crippen LogP contribution in [-0.4, -0.2) is 43.2 Å². The summed E-state index contributed by atoms with van der Waals surface area (Å²) in [5.74, 6) is -1.83. The highest BCUT2D eigenvalue weighted by atomic mass is 32.2. The number of benzene rings is 1. The number of Topliss-reactive ketones (excluding diaryl/α,β-unsaturated/α-hetero) is 2. The molecule has 0 N–H and O–H groups in total. The molecule has 1 aromatic carbocycles. The summed E-state index contributed by atoms with van der Waals surface area (Å²) in [7, 11) is -4.05. The lowest BCUT2D eigenvalue weighted by molar-refractivity contribution is -0.144. The van der Waals surface area contributed by atoms with Crippen LogP contribution in [0.15, 0.2) is 35.2 Å². The Bertz CT molecular complexity index is 876. The number of ether oxygens (including phenoxy) is 2. The van der Waals surface area contributed by atoms with Crippen LogP contribution >= 0.6 is 0 Å². The third kappa shape index (κ3) is 4.18. The van der Waals surface area contributed by atoms with Crippen molar-refractivity contribution in [3.63, 3.8) is 0 Å². The number of sulfone groups is 1. The Labute approximate surface area is 172 Å². The maximum Gasteiger partial charge on any atom is 0.191 e. The van der Waals surface area contributed by atoms with Crippen molar-refractivity contribution in [2.24, 2.45) is 11.8 Å². The van der Waals surface area contributed by atoms with E-state index in [1.165, 1.54) is 19.1 Å². The average molecular weight is 423 g/mol. The van der Waals surface area contributed by atoms with Gasteiger partial charge in [-0.25, -0.2) is 8.42 Å². The SMILES string of the molecule is CC(=O)CC1CC(C)CC(=O)C1(C[C@@H]1COC(C)(C)O1)S(=O)(=O)c1ccccc1. The highest BCUT2D eigenvalue weighted by Crippen LogP contribution is 2.48. The Morgan fingerprint density at radius 1 is 1.21 bits per heavy atom. The molecule has 0 aromatic heterocycles. The summed E-state index contributed by atoms with van der Waals surface area (Å²) in [4.78, 5) is 25.7. The van der Waals surface area contributed by atoms with E-state index in [2.05, 4.69) is 0 Å². The minimum Gasteiger partial charge on any atom is -0.348 e. The normalized spacial score (nSPS) is 32.3. The van der Waals surface area contributed by atoms with Gasteiger partial charge in [-0.2, -0.15) is 0 Å². The van der Waals surface area contributed by atoms with Crippen LogP contribution in [0.2, 0.25) is 0 Å². The van der Waals surface area contributed by atoms with Crippen LogP contribution in [0.25, 0.3) is 0 Å². The lowest BCUT2D eigenvalue weighted by Crippen LogP contribution is -2.58. The number of carbonyl (C=O) groups is 2. The molecule has 3 unspecified atom stereocenters. The van der Waals surface area contributed by atoms with E-state index in [9.17, 15) is 18.0 Å². The smallest absolute Gasteiger partial charge is 0.191 e. The van der Waals surface area contributed by atoms with E-state index in [0.717, 1.165) is 0 Å².